The van der Waals surface area contributed by atoms with Gasteiger partial charge in [0, 0.05) is 0 Å². The fourth-order valence-electron chi connectivity index (χ4n) is 10.5. The van der Waals surface area contributed by atoms with Crippen LogP contribution in [-0.2, 0) is 41.7 Å². The number of benzene rings is 6. The number of allylic oxidation sites excluding steroid dienone is 2. The minimum atomic E-state index is -4.54. The van der Waals surface area contributed by atoms with Crippen LogP contribution in [0.2, 0.25) is 9.36 Å². The molecule has 294 valence electrons. The van der Waals surface area contributed by atoms with E-state index in [1.807, 2.05) is 0 Å². The first-order valence-corrected chi connectivity index (χ1v) is 34.6. The van der Waals surface area contributed by atoms with Crippen LogP contribution in [0.15, 0.2) is 146 Å². The van der Waals surface area contributed by atoms with E-state index in [9.17, 15) is 0 Å². The first kappa shape index (κ1) is 40.3. The average Bonchev–Trinajstić information content (AvgIpc) is 3.85. The fourth-order valence-corrected chi connectivity index (χ4v) is 34.2. The molecule has 2 atom stereocenters. The Morgan fingerprint density at radius 1 is 0.466 bits per heavy atom. The average molecular weight is 926 g/mol. The van der Waals surface area contributed by atoms with Gasteiger partial charge in [0.1, 0.15) is 0 Å². The Morgan fingerprint density at radius 2 is 0.862 bits per heavy atom. The van der Waals surface area contributed by atoms with E-state index in [-0.39, 0.29) is 10.8 Å². The topological polar surface area (TPSA) is 0 Å². The van der Waals surface area contributed by atoms with Gasteiger partial charge in [-0.1, -0.05) is 0 Å². The molecule has 6 aromatic rings. The SMILES string of the molecule is Cc1cc(C(C)(C)C)ccc1-c1cccc2c1C=C[CH]2[Hf]([CH3])([CH3])(=[C](Cc1ccccc1)Cc1ccccc1)[CH]1C=Cc2c(-c3ccc(C(C)(C)C)cc3C)cccc21. The van der Waals surface area contributed by atoms with Crippen molar-refractivity contribution < 1.29 is 18.0 Å². The van der Waals surface area contributed by atoms with Gasteiger partial charge in [0.15, 0.2) is 0 Å². The maximum absolute atomic E-state index is 4.54. The Morgan fingerprint density at radius 3 is 1.22 bits per heavy atom. The minimum absolute atomic E-state index is 0.113. The van der Waals surface area contributed by atoms with Crippen molar-refractivity contribution >= 4 is 15.4 Å². The molecule has 0 bridgehead atoms. The summed E-state index contributed by atoms with van der Waals surface area (Å²) in [5.74, 6) is 0. The number of aryl methyl sites for hydroxylation is 2. The second-order valence-corrected chi connectivity index (χ2v) is 46.2. The van der Waals surface area contributed by atoms with Crippen molar-refractivity contribution in [3.8, 4) is 22.3 Å². The van der Waals surface area contributed by atoms with E-state index >= 15 is 0 Å². The summed E-state index contributed by atoms with van der Waals surface area (Å²) in [7, 11) is 0. The third kappa shape index (κ3) is 7.17. The molecule has 0 saturated heterocycles. The van der Waals surface area contributed by atoms with E-state index < -0.39 is 18.0 Å². The molecule has 6 aromatic carbocycles. The van der Waals surface area contributed by atoms with E-state index in [0.29, 0.717) is 7.35 Å². The molecule has 0 saturated carbocycles. The number of fused-ring (bicyclic) bond motifs is 2. The van der Waals surface area contributed by atoms with Crippen LogP contribution in [0.25, 0.3) is 34.4 Å². The van der Waals surface area contributed by atoms with Crippen molar-refractivity contribution in [1.82, 2.24) is 0 Å². The van der Waals surface area contributed by atoms with Crippen LogP contribution in [0, 0.1) is 13.8 Å². The van der Waals surface area contributed by atoms with Crippen molar-refractivity contribution in [1.29, 1.82) is 0 Å². The van der Waals surface area contributed by atoms with Crippen LogP contribution in [0.4, 0.5) is 0 Å². The van der Waals surface area contributed by atoms with Crippen LogP contribution >= 0.6 is 0 Å². The zero-order valence-electron chi connectivity index (χ0n) is 36.6. The molecule has 0 aliphatic heterocycles. The molecule has 8 rings (SSSR count). The standard InChI is InChI=1S/2C20H21.C15H14.2CH3.Hf/c2*1-14-13-16(20(2,3)4)11-12-17(14)19-10-6-8-15-7-5-9-18(15)19;1-3-8-14(9-4-1)12-7-13-15-10-5-2-6-11-15;;;/h2*5-13H,1-4H3;1-6,8-11H,12-13H2;2*1H3;. The van der Waals surface area contributed by atoms with Gasteiger partial charge in [-0.05, 0) is 0 Å². The van der Waals surface area contributed by atoms with Crippen LogP contribution in [-0.4, -0.2) is 3.26 Å². The molecule has 0 aromatic heterocycles. The fraction of sp³-hybridized carbons (Fsp3) is 0.281. The van der Waals surface area contributed by atoms with E-state index in [2.05, 4.69) is 223 Å². The van der Waals surface area contributed by atoms with Crippen LogP contribution in [0.1, 0.15) is 105 Å². The summed E-state index contributed by atoms with van der Waals surface area (Å²) in [6.07, 6.45) is 12.3. The third-order valence-electron chi connectivity index (χ3n) is 14.2. The Labute approximate surface area is 350 Å². The summed E-state index contributed by atoms with van der Waals surface area (Å²) in [4.78, 5) is 0. The Kier molecular flexibility index (Phi) is 10.4. The normalized spacial score (nSPS) is 16.4. The summed E-state index contributed by atoms with van der Waals surface area (Å²) >= 11 is -4.54. The van der Waals surface area contributed by atoms with Gasteiger partial charge in [-0.25, -0.2) is 0 Å². The van der Waals surface area contributed by atoms with Gasteiger partial charge in [-0.15, -0.1) is 0 Å². The molecule has 58 heavy (non-hydrogen) atoms. The summed E-state index contributed by atoms with van der Waals surface area (Å²) in [6.45, 7) is 18.5. The van der Waals surface area contributed by atoms with Gasteiger partial charge in [0.25, 0.3) is 0 Å². The summed E-state index contributed by atoms with van der Waals surface area (Å²) < 4.78 is 8.13. The first-order chi connectivity index (χ1) is 27.5. The van der Waals surface area contributed by atoms with Gasteiger partial charge in [0.05, 0.1) is 0 Å². The van der Waals surface area contributed by atoms with Crippen molar-refractivity contribution in [2.45, 2.75) is 95.8 Å². The molecule has 0 spiro atoms. The second-order valence-electron chi connectivity index (χ2n) is 20.4. The first-order valence-electron chi connectivity index (χ1n) is 21.5. The van der Waals surface area contributed by atoms with Crippen LogP contribution < -0.4 is 0 Å². The van der Waals surface area contributed by atoms with Crippen molar-refractivity contribution in [3.05, 3.63) is 201 Å². The van der Waals surface area contributed by atoms with Gasteiger partial charge < -0.3 is 0 Å². The molecule has 2 unspecified atom stereocenters. The number of rotatable bonds is 8. The molecule has 2 aliphatic carbocycles. The zero-order valence-corrected chi connectivity index (χ0v) is 40.2. The van der Waals surface area contributed by atoms with Crippen LogP contribution in [0.3, 0.4) is 0 Å². The molecule has 0 heterocycles. The van der Waals surface area contributed by atoms with Crippen molar-refractivity contribution in [3.63, 3.8) is 0 Å². The van der Waals surface area contributed by atoms with Gasteiger partial charge in [-0.3, -0.25) is 0 Å². The number of hydrogen-bond acceptors (Lipinski definition) is 0. The number of hydrogen-bond donors (Lipinski definition) is 0. The Bertz CT molecular complexity index is 2470. The molecular weight excluding hydrogens is 863 g/mol. The summed E-state index contributed by atoms with van der Waals surface area (Å²) in [5.41, 5.74) is 19.8. The monoisotopic (exact) mass is 926 g/mol. The van der Waals surface area contributed by atoms with Crippen LogP contribution in [0.5, 0.6) is 0 Å². The van der Waals surface area contributed by atoms with Gasteiger partial charge in [-0.2, -0.15) is 0 Å². The van der Waals surface area contributed by atoms with E-state index in [4.69, 9.17) is 0 Å². The molecule has 1 heteroatoms. The molecule has 0 fully saturated rings. The van der Waals surface area contributed by atoms with Gasteiger partial charge in [0.2, 0.25) is 0 Å². The van der Waals surface area contributed by atoms with E-state index in [1.54, 1.807) is 3.26 Å². The molecule has 0 radical (unpaired) electrons. The predicted molar refractivity (Wildman–Crippen MR) is 251 cm³/mol. The molecule has 2 aliphatic rings. The zero-order chi connectivity index (χ0) is 41.1. The predicted octanol–water partition coefficient (Wildman–Crippen LogP) is 15.5. The van der Waals surface area contributed by atoms with Crippen molar-refractivity contribution in [2.75, 3.05) is 0 Å². The van der Waals surface area contributed by atoms with Gasteiger partial charge >= 0.3 is 353 Å². The molecule has 0 N–H and O–H groups in total. The third-order valence-corrected chi connectivity index (χ3v) is 40.8. The summed E-state index contributed by atoms with van der Waals surface area (Å²) in [5, 5.41) is 0. The quantitative estimate of drug-likeness (QED) is 0.133. The second kappa shape index (κ2) is 15.0. The summed E-state index contributed by atoms with van der Waals surface area (Å²) in [6, 6.07) is 51.3. The molecule has 0 amide bonds. The van der Waals surface area contributed by atoms with Crippen molar-refractivity contribution in [2.24, 2.45) is 0 Å². The van der Waals surface area contributed by atoms with E-state index in [1.165, 1.54) is 77.9 Å². The van der Waals surface area contributed by atoms with E-state index in [0.717, 1.165) is 12.8 Å². The molecular formula is C57H62Hf. The maximum atomic E-state index is 2.83. The Balaban J connectivity index is 1.37. The Hall–Kier alpha value is -4.46. The molecule has 0 nitrogen and oxygen atoms in total.